The molecule has 1 unspecified atom stereocenters. The Morgan fingerprint density at radius 3 is 2.89 bits per heavy atom. The third-order valence-electron chi connectivity index (χ3n) is 4.40. The van der Waals surface area contributed by atoms with Gasteiger partial charge in [-0.15, -0.1) is 11.3 Å². The smallest absolute Gasteiger partial charge is 0.0708 e. The third kappa shape index (κ3) is 3.60. The first-order valence-corrected chi connectivity index (χ1v) is 9.00. The van der Waals surface area contributed by atoms with Crippen molar-refractivity contribution in [1.29, 1.82) is 0 Å². The van der Waals surface area contributed by atoms with Crippen molar-refractivity contribution in [3.63, 3.8) is 0 Å². The summed E-state index contributed by atoms with van der Waals surface area (Å²) in [5, 5.41) is 3.56. The molecule has 0 bridgehead atoms. The van der Waals surface area contributed by atoms with Gasteiger partial charge in [0.15, 0.2) is 0 Å². The Hall–Kier alpha value is 0.1000. The first kappa shape index (κ1) is 14.1. The summed E-state index contributed by atoms with van der Waals surface area (Å²) in [6.45, 7) is 2.08. The van der Waals surface area contributed by atoms with Crippen LogP contribution < -0.4 is 5.32 Å². The summed E-state index contributed by atoms with van der Waals surface area (Å²) in [6, 6.07) is 4.33. The van der Waals surface area contributed by atoms with Crippen LogP contribution in [0.15, 0.2) is 15.9 Å². The average molecular weight is 344 g/mol. The van der Waals surface area contributed by atoms with Crippen molar-refractivity contribution >= 4 is 27.3 Å². The second-order valence-corrected chi connectivity index (χ2v) is 8.38. The monoisotopic (exact) mass is 343 g/mol. The van der Waals surface area contributed by atoms with Crippen LogP contribution in [0.1, 0.15) is 43.4 Å². The topological polar surface area (TPSA) is 21.3 Å². The Bertz CT molecular complexity index is 414. The zero-order valence-electron chi connectivity index (χ0n) is 11.3. The van der Waals surface area contributed by atoms with Gasteiger partial charge in [-0.3, -0.25) is 0 Å². The third-order valence-corrected chi connectivity index (χ3v) is 6.09. The number of rotatable bonds is 5. The molecule has 4 heteroatoms. The lowest BCUT2D eigenvalue weighted by Gasteiger charge is -2.23. The molecule has 3 rings (SSSR count). The zero-order chi connectivity index (χ0) is 13.1. The lowest BCUT2D eigenvalue weighted by Crippen LogP contribution is -2.31. The van der Waals surface area contributed by atoms with Crippen LogP contribution in [0.2, 0.25) is 0 Å². The van der Waals surface area contributed by atoms with Crippen molar-refractivity contribution < 1.29 is 4.74 Å². The maximum absolute atomic E-state index is 6.30. The molecule has 0 amide bonds. The van der Waals surface area contributed by atoms with E-state index in [2.05, 4.69) is 33.4 Å². The van der Waals surface area contributed by atoms with Crippen LogP contribution in [0.4, 0.5) is 0 Å². The van der Waals surface area contributed by atoms with Gasteiger partial charge in [-0.25, -0.2) is 0 Å². The lowest BCUT2D eigenvalue weighted by atomic mass is 9.98. The Balaban J connectivity index is 1.35. The fraction of sp³-hybridized carbons (Fsp3) is 0.733. The molecule has 0 aromatic carbocycles. The second-order valence-electron chi connectivity index (χ2n) is 5.83. The molecule has 2 aliphatic rings. The minimum absolute atomic E-state index is 0.283. The van der Waals surface area contributed by atoms with Gasteiger partial charge in [0, 0.05) is 18.0 Å². The highest BCUT2D eigenvalue weighted by Gasteiger charge is 2.41. The largest absolute Gasteiger partial charge is 0.370 e. The van der Waals surface area contributed by atoms with Crippen molar-refractivity contribution in [1.82, 2.24) is 5.32 Å². The number of hydrogen-bond donors (Lipinski definition) is 1. The number of thiophene rings is 1. The number of halogens is 1. The van der Waals surface area contributed by atoms with Gasteiger partial charge in [0.2, 0.25) is 0 Å². The van der Waals surface area contributed by atoms with Crippen LogP contribution in [0.3, 0.4) is 0 Å². The van der Waals surface area contributed by atoms with Crippen LogP contribution in [0.25, 0.3) is 0 Å². The fourth-order valence-corrected chi connectivity index (χ4v) is 4.87. The van der Waals surface area contributed by atoms with Gasteiger partial charge in [0.05, 0.1) is 15.5 Å². The van der Waals surface area contributed by atoms with E-state index in [1.807, 2.05) is 11.3 Å². The van der Waals surface area contributed by atoms with Crippen molar-refractivity contribution in [2.75, 3.05) is 13.1 Å². The van der Waals surface area contributed by atoms with E-state index in [-0.39, 0.29) is 5.60 Å². The van der Waals surface area contributed by atoms with Gasteiger partial charge in [0.1, 0.15) is 0 Å². The molecule has 2 nitrogen and oxygen atoms in total. The molecule has 1 aliphatic carbocycles. The highest BCUT2D eigenvalue weighted by molar-refractivity contribution is 9.11. The summed E-state index contributed by atoms with van der Waals surface area (Å²) < 4.78 is 7.53. The molecule has 2 fully saturated rings. The summed E-state index contributed by atoms with van der Waals surface area (Å²) in [6.07, 6.45) is 9.44. The van der Waals surface area contributed by atoms with Gasteiger partial charge in [-0.1, -0.05) is 12.8 Å². The predicted octanol–water partition coefficient (Wildman–Crippen LogP) is 4.13. The SMILES string of the molecule is Brc1ccc(CCNCC2CCC3(CCCC3)O2)s1. The van der Waals surface area contributed by atoms with Gasteiger partial charge in [-0.05, 0) is 60.2 Å². The van der Waals surface area contributed by atoms with Gasteiger partial charge in [-0.2, -0.15) is 0 Å². The highest BCUT2D eigenvalue weighted by atomic mass is 79.9. The maximum Gasteiger partial charge on any atom is 0.0708 e. The first-order chi connectivity index (χ1) is 9.26. The second kappa shape index (κ2) is 6.25. The molecule has 106 valence electrons. The normalized spacial score (nSPS) is 25.4. The van der Waals surface area contributed by atoms with Crippen LogP contribution in [0.5, 0.6) is 0 Å². The van der Waals surface area contributed by atoms with Crippen LogP contribution in [0, 0.1) is 0 Å². The summed E-state index contributed by atoms with van der Waals surface area (Å²) >= 11 is 5.34. The quantitative estimate of drug-likeness (QED) is 0.811. The molecular formula is C15H22BrNOS. The number of ether oxygens (including phenoxy) is 1. The van der Waals surface area contributed by atoms with E-state index in [0.29, 0.717) is 6.10 Å². The highest BCUT2D eigenvalue weighted by Crippen LogP contribution is 2.43. The number of hydrogen-bond acceptors (Lipinski definition) is 3. The minimum atomic E-state index is 0.283. The number of nitrogens with one attached hydrogen (secondary N) is 1. The molecule has 1 spiro atoms. The summed E-state index contributed by atoms with van der Waals surface area (Å²) in [5.41, 5.74) is 0.283. The predicted molar refractivity (Wildman–Crippen MR) is 83.9 cm³/mol. The average Bonchev–Trinajstić information content (AvgIpc) is 3.10. The lowest BCUT2D eigenvalue weighted by molar-refractivity contribution is -0.0349. The van der Waals surface area contributed by atoms with E-state index < -0.39 is 0 Å². The van der Waals surface area contributed by atoms with Gasteiger partial charge < -0.3 is 10.1 Å². The van der Waals surface area contributed by atoms with Crippen LogP contribution >= 0.6 is 27.3 Å². The fourth-order valence-electron chi connectivity index (χ4n) is 3.39. The van der Waals surface area contributed by atoms with E-state index in [1.165, 1.54) is 47.2 Å². The first-order valence-electron chi connectivity index (χ1n) is 7.39. The van der Waals surface area contributed by atoms with Crippen molar-refractivity contribution in [3.8, 4) is 0 Å². The van der Waals surface area contributed by atoms with E-state index >= 15 is 0 Å². The Labute approximate surface area is 128 Å². The Morgan fingerprint density at radius 1 is 1.32 bits per heavy atom. The summed E-state index contributed by atoms with van der Waals surface area (Å²) in [5.74, 6) is 0. The molecule has 1 aromatic rings. The van der Waals surface area contributed by atoms with Crippen LogP contribution in [-0.2, 0) is 11.2 Å². The molecule has 2 heterocycles. The molecular weight excluding hydrogens is 322 g/mol. The molecule has 19 heavy (non-hydrogen) atoms. The van der Waals surface area contributed by atoms with E-state index in [0.717, 1.165) is 19.5 Å². The van der Waals surface area contributed by atoms with Crippen molar-refractivity contribution in [2.24, 2.45) is 0 Å². The molecule has 1 N–H and O–H groups in total. The molecule has 0 radical (unpaired) electrons. The Morgan fingerprint density at radius 2 is 2.16 bits per heavy atom. The maximum atomic E-state index is 6.30. The summed E-state index contributed by atoms with van der Waals surface area (Å²) in [4.78, 5) is 1.44. The van der Waals surface area contributed by atoms with Crippen molar-refractivity contribution in [2.45, 2.75) is 56.7 Å². The van der Waals surface area contributed by atoms with Crippen LogP contribution in [-0.4, -0.2) is 24.8 Å². The molecule has 1 atom stereocenters. The van der Waals surface area contributed by atoms with Gasteiger partial charge in [0.25, 0.3) is 0 Å². The molecule has 1 aliphatic heterocycles. The molecule has 1 saturated heterocycles. The molecule has 1 saturated carbocycles. The van der Waals surface area contributed by atoms with E-state index in [9.17, 15) is 0 Å². The van der Waals surface area contributed by atoms with Crippen molar-refractivity contribution in [3.05, 3.63) is 20.8 Å². The van der Waals surface area contributed by atoms with E-state index in [1.54, 1.807) is 0 Å². The van der Waals surface area contributed by atoms with E-state index in [4.69, 9.17) is 4.74 Å². The van der Waals surface area contributed by atoms with Gasteiger partial charge >= 0.3 is 0 Å². The minimum Gasteiger partial charge on any atom is -0.370 e. The zero-order valence-corrected chi connectivity index (χ0v) is 13.7. The Kier molecular flexibility index (Phi) is 4.62. The molecule has 1 aromatic heterocycles. The standard InChI is InChI=1S/C15H22BrNOS/c16-14-4-3-13(19-14)6-10-17-11-12-5-9-15(18-12)7-1-2-8-15/h3-4,12,17H,1-2,5-11H2. The summed E-state index contributed by atoms with van der Waals surface area (Å²) in [7, 11) is 0.